The van der Waals surface area contributed by atoms with E-state index < -0.39 is 87.9 Å². The zero-order chi connectivity index (χ0) is 71.7. The zero-order valence-corrected chi connectivity index (χ0v) is 63.7. The van der Waals surface area contributed by atoms with Gasteiger partial charge in [-0.05, 0) is 143 Å². The molecule has 13 N–H and O–H groups in total. The maximum absolute atomic E-state index is 15.1. The molecule has 0 spiro atoms. The first-order valence-corrected chi connectivity index (χ1v) is 32.7. The van der Waals surface area contributed by atoms with Crippen molar-refractivity contribution in [2.45, 2.75) is 51.3 Å². The molecule has 0 radical (unpaired) electrons. The molecule has 1 unspecified atom stereocenters. The summed E-state index contributed by atoms with van der Waals surface area (Å²) in [5.41, 5.74) is 4.52. The maximum Gasteiger partial charge on any atom is 1.00 e. The Balaban J connectivity index is 0.00000486. The smallest absolute Gasteiger partial charge is 0.755 e. The molecule has 0 saturated heterocycles. The van der Waals surface area contributed by atoms with E-state index in [9.17, 15) is 76.3 Å². The number of nitrogens with zero attached hydrogens (tertiary/aromatic N) is 1. The average molecular weight is 1470 g/mol. The van der Waals surface area contributed by atoms with E-state index >= 15 is 8.42 Å². The number of anilines is 10. The van der Waals surface area contributed by atoms with Crippen LogP contribution in [0.1, 0.15) is 54.1 Å². The van der Waals surface area contributed by atoms with Crippen LogP contribution in [0.4, 0.5) is 72.2 Å². The van der Waals surface area contributed by atoms with E-state index in [4.69, 9.17) is 8.70 Å². The van der Waals surface area contributed by atoms with Crippen LogP contribution >= 0.6 is 0 Å². The van der Waals surface area contributed by atoms with Gasteiger partial charge < -0.3 is 84.9 Å². The van der Waals surface area contributed by atoms with Gasteiger partial charge in [0.15, 0.2) is 4.90 Å². The van der Waals surface area contributed by atoms with Gasteiger partial charge in [-0.1, -0.05) is 30.0 Å². The molecule has 0 saturated carbocycles. The van der Waals surface area contributed by atoms with Crippen LogP contribution in [0.2, 0.25) is 0 Å². The summed E-state index contributed by atoms with van der Waals surface area (Å²) >= 11 is -3.31. The summed E-state index contributed by atoms with van der Waals surface area (Å²) in [6.07, 6.45) is 0. The topological polar surface area (TPSA) is 474 Å². The van der Waals surface area contributed by atoms with Gasteiger partial charge in [-0.25, -0.2) is 25.5 Å². The summed E-state index contributed by atoms with van der Waals surface area (Å²) < 4.78 is 109. The number of phenolic OH excluding ortho intramolecular Hbond substituents is 2. The molecule has 4 amide bonds. The minimum atomic E-state index is -5.34. The van der Waals surface area contributed by atoms with Crippen LogP contribution in [-0.2, 0) is 45.4 Å². The standard InChI is InChI=1S/C66H56N9O21S3.3Na/c1-31-21-33(3)61(72-66(86)68-38-12-20-53(80)48(25-38)74-94-30-76)35(5)59(31)69-47-28-54-45(26-50(47)75(97(87)88)40-14-16-41(77)17-15-40)58(42-9-7-8-10-56(42)98(89,90)91)46-27-57(99(92,93)96-73-39-13-19-52(79)44(24-39)64(83)84)49(29-55(46)95-54)70-60-32(2)22-34(4)62(36(60)6)71-65(85)67-37-11-18-51(78)43(23-37)63(81)82;;;/h7-16,18-30,69,73-74,77-80H,1-6H3,(H,81,82)(H,83,84)(H,87,88)(H2,67,71,85)(H2,68,72,86)(H,89,90,91);;;/q-1;3*+1/p-2. The molecule has 0 fully saturated rings. The Morgan fingerprint density at radius 3 is 1.77 bits per heavy atom. The second-order valence-electron chi connectivity index (χ2n) is 22.0. The number of aryl methyl sites for hydroxylation is 4. The predicted octanol–water partition coefficient (Wildman–Crippen LogP) is -1.83. The fourth-order valence-corrected chi connectivity index (χ4v) is 13.2. The van der Waals surface area contributed by atoms with Gasteiger partial charge in [0.25, 0.3) is 10.1 Å². The number of carbonyl (C=O) groups excluding carboxylic acids is 5. The van der Waals surface area contributed by atoms with Gasteiger partial charge >= 0.3 is 117 Å². The number of amides is 4. The van der Waals surface area contributed by atoms with Gasteiger partial charge in [0.05, 0.1) is 46.4 Å². The molecular weight excluding hydrogens is 1420 g/mol. The van der Waals surface area contributed by atoms with Gasteiger partial charge in [-0.15, -0.1) is 28.5 Å². The molecule has 102 heavy (non-hydrogen) atoms. The average Bonchev–Trinajstić information content (AvgIpc) is 0.725. The number of rotatable bonds is 21. The third-order valence-corrected chi connectivity index (χ3v) is 18.2. The van der Waals surface area contributed by atoms with E-state index in [0.717, 1.165) is 58.9 Å². The van der Waals surface area contributed by atoms with Crippen molar-refractivity contribution in [3.05, 3.63) is 189 Å². The number of benzene rings is 9. The molecule has 1 atom stereocenters. The third-order valence-electron chi connectivity index (χ3n) is 15.4. The number of aromatic hydroxyl groups is 4. The molecule has 8 aromatic rings. The van der Waals surface area contributed by atoms with Crippen LogP contribution in [0.5, 0.6) is 23.0 Å². The first-order chi connectivity index (χ1) is 46.8. The maximum atomic E-state index is 15.1. The molecule has 2 aliphatic rings. The second kappa shape index (κ2) is 32.8. The number of urea groups is 2. The predicted molar refractivity (Wildman–Crippen MR) is 355 cm³/mol. The fourth-order valence-electron chi connectivity index (χ4n) is 11.0. The molecule has 8 aromatic carbocycles. The number of carboxylic acid groups (broad SMARTS) is 2. The van der Waals surface area contributed by atoms with Crippen molar-refractivity contribution in [1.82, 2.24) is 0 Å². The largest absolute Gasteiger partial charge is 1.00 e. The third kappa shape index (κ3) is 17.4. The number of hydrogen-bond acceptors (Lipinski definition) is 23. The SMILES string of the molecule is Cc1cc(C)c(Nc2cc3oc4cc(=[NH+]c5c(C)cc(C)c(NC(=O)Nc6ccc(O)c(C(=O)[O-])c6)c5C)c(S(=O)(=O)ONc5ccc(O)c(C(=O)[O-])c5)cc-4c(-c4ccccc4S(=O)(=O)O)c3cc2N(c2c[c-]c(O)cc2)S(=O)[O-])c(C)c1NC(=O)Nc1ccc(O)c(NOC=O)c1.[Na+].[Na+].[Na+]. The fraction of sp³-hybridized carbons (Fsp3) is 0.0909. The van der Waals surface area contributed by atoms with Crippen LogP contribution in [-0.4, -0.2) is 81.0 Å². The van der Waals surface area contributed by atoms with Gasteiger partial charge in [-0.3, -0.25) is 13.6 Å². The molecule has 0 aromatic heterocycles. The van der Waals surface area contributed by atoms with Crippen molar-refractivity contribution in [3.8, 4) is 45.4 Å². The zero-order valence-electron chi connectivity index (χ0n) is 55.2. The number of carboxylic acids is 2. The van der Waals surface area contributed by atoms with Crippen molar-refractivity contribution in [1.29, 1.82) is 0 Å². The normalized spacial score (nSPS) is 11.6. The van der Waals surface area contributed by atoms with Crippen LogP contribution in [0.15, 0.2) is 148 Å². The summed E-state index contributed by atoms with van der Waals surface area (Å²) in [7, 11) is -10.6. The van der Waals surface area contributed by atoms with Gasteiger partial charge in [0.2, 0.25) is 11.0 Å². The molecular formula is C66H54N9Na3O21S3. The van der Waals surface area contributed by atoms with Gasteiger partial charge in [0.1, 0.15) is 39.2 Å². The first-order valence-electron chi connectivity index (χ1n) is 28.8. The number of hydrogen-bond donors (Lipinski definition) is 13. The number of fused-ring (bicyclic) bond motifs is 2. The first kappa shape index (κ1) is 80.0. The number of aromatic carboxylic acids is 2. The van der Waals surface area contributed by atoms with Crippen LogP contribution in [0.3, 0.4) is 0 Å². The van der Waals surface area contributed by atoms with Gasteiger partial charge in [0, 0.05) is 84.5 Å². The molecule has 0 bridgehead atoms. The summed E-state index contributed by atoms with van der Waals surface area (Å²) in [4.78, 5) is 68.0. The molecule has 36 heteroatoms. The van der Waals surface area contributed by atoms with Crippen molar-refractivity contribution < 1.29 is 192 Å². The Kier molecular flexibility index (Phi) is 25.7. The Bertz CT molecular complexity index is 5340. The van der Waals surface area contributed by atoms with Gasteiger partial charge in [-0.2, -0.15) is 16.8 Å². The Hall–Kier alpha value is -9.27. The van der Waals surface area contributed by atoms with E-state index in [0.29, 0.717) is 27.8 Å². The van der Waals surface area contributed by atoms with Crippen LogP contribution in [0.25, 0.3) is 33.4 Å². The monoisotopic (exact) mass is 1470 g/mol. The number of nitrogens with one attached hydrogen (secondary N) is 8. The number of phenols is 4. The number of carbonyl (C=O) groups is 5. The Morgan fingerprint density at radius 2 is 1.19 bits per heavy atom. The van der Waals surface area contributed by atoms with Crippen molar-refractivity contribution in [2.24, 2.45) is 0 Å². The van der Waals surface area contributed by atoms with E-state index in [1.54, 1.807) is 53.7 Å². The van der Waals surface area contributed by atoms with E-state index in [1.165, 1.54) is 66.7 Å². The summed E-state index contributed by atoms with van der Waals surface area (Å²) in [5, 5.41) is 77.9. The second-order valence-corrected chi connectivity index (χ2v) is 25.7. The minimum Gasteiger partial charge on any atom is -0.755 e. The summed E-state index contributed by atoms with van der Waals surface area (Å²) in [6, 6.07) is 27.2. The van der Waals surface area contributed by atoms with Crippen LogP contribution in [0, 0.1) is 47.6 Å². The minimum absolute atomic E-state index is 0. The Labute approximate surface area is 649 Å². The van der Waals surface area contributed by atoms with E-state index in [-0.39, 0.29) is 214 Å². The van der Waals surface area contributed by atoms with Crippen molar-refractivity contribution >= 4 is 136 Å². The summed E-state index contributed by atoms with van der Waals surface area (Å²) in [5.74, 6) is -5.91. The molecule has 510 valence electrons. The van der Waals surface area contributed by atoms with Crippen molar-refractivity contribution in [2.75, 3.05) is 41.8 Å². The molecule has 30 nitrogen and oxygen atoms in total. The molecule has 1 aliphatic carbocycles. The van der Waals surface area contributed by atoms with Crippen LogP contribution < -0.4 is 151 Å². The molecule has 1 aliphatic heterocycles. The Morgan fingerprint density at radius 1 is 0.618 bits per heavy atom. The van der Waals surface area contributed by atoms with E-state index in [2.05, 4.69) is 53.4 Å². The summed E-state index contributed by atoms with van der Waals surface area (Å²) in [6.45, 7) is 9.93. The molecule has 10 rings (SSSR count). The molecule has 1 heterocycles. The van der Waals surface area contributed by atoms with E-state index in [1.807, 2.05) is 0 Å². The quantitative estimate of drug-likeness (QED) is 0.00433. The van der Waals surface area contributed by atoms with Crippen molar-refractivity contribution in [3.63, 3.8) is 0 Å².